The van der Waals surface area contributed by atoms with Crippen LogP contribution in [0.4, 0.5) is 0 Å². The molecule has 1 aliphatic carbocycles. The molecule has 2 N–H and O–H groups in total. The van der Waals surface area contributed by atoms with Crippen molar-refractivity contribution in [3.8, 4) is 11.1 Å². The van der Waals surface area contributed by atoms with Gasteiger partial charge >= 0.3 is 5.97 Å². The highest BCUT2D eigenvalue weighted by Gasteiger charge is 2.27. The summed E-state index contributed by atoms with van der Waals surface area (Å²) in [6.45, 7) is 0. The summed E-state index contributed by atoms with van der Waals surface area (Å²) in [6.07, 6.45) is 10.2. The van der Waals surface area contributed by atoms with Crippen molar-refractivity contribution in [2.75, 3.05) is 0 Å². The van der Waals surface area contributed by atoms with E-state index in [0.29, 0.717) is 5.92 Å². The lowest BCUT2D eigenvalue weighted by molar-refractivity contribution is -0.131. The van der Waals surface area contributed by atoms with E-state index in [0.717, 1.165) is 22.3 Å². The zero-order valence-corrected chi connectivity index (χ0v) is 18.8. The van der Waals surface area contributed by atoms with Gasteiger partial charge in [0.25, 0.3) is 0 Å². The number of rotatable bonds is 7. The molecule has 0 radical (unpaired) electrons. The number of carboxylic acid groups (broad SMARTS) is 1. The van der Waals surface area contributed by atoms with Crippen LogP contribution >= 0.6 is 0 Å². The number of aromatic nitrogens is 2. The van der Waals surface area contributed by atoms with Gasteiger partial charge in [0.05, 0.1) is 6.20 Å². The number of benzene rings is 3. The molecule has 34 heavy (non-hydrogen) atoms. The first-order valence-electron chi connectivity index (χ1n) is 11.6. The fourth-order valence-corrected chi connectivity index (χ4v) is 4.54. The summed E-state index contributed by atoms with van der Waals surface area (Å²) in [5.74, 6) is -0.420. The fourth-order valence-electron chi connectivity index (χ4n) is 4.54. The molecule has 0 saturated heterocycles. The first kappa shape index (κ1) is 21.7. The van der Waals surface area contributed by atoms with Gasteiger partial charge < -0.3 is 5.11 Å². The van der Waals surface area contributed by atoms with Gasteiger partial charge in [-0.3, -0.25) is 5.10 Å². The van der Waals surface area contributed by atoms with Gasteiger partial charge in [-0.2, -0.15) is 5.10 Å². The topological polar surface area (TPSA) is 66.0 Å². The average molecular weight is 447 g/mol. The molecule has 4 aromatic rings. The van der Waals surface area contributed by atoms with E-state index in [-0.39, 0.29) is 0 Å². The minimum absolute atomic E-state index is 0.525. The number of nitrogens with one attached hydrogen (secondary N) is 1. The van der Waals surface area contributed by atoms with Gasteiger partial charge in [-0.1, -0.05) is 85.3 Å². The van der Waals surface area contributed by atoms with Crippen molar-refractivity contribution in [1.82, 2.24) is 10.2 Å². The van der Waals surface area contributed by atoms with Gasteiger partial charge in [0.1, 0.15) is 0 Å². The van der Waals surface area contributed by atoms with Crippen molar-refractivity contribution < 1.29 is 9.90 Å². The molecule has 5 rings (SSSR count). The quantitative estimate of drug-likeness (QED) is 0.239. The monoisotopic (exact) mass is 446 g/mol. The first-order valence-corrected chi connectivity index (χ1v) is 11.6. The van der Waals surface area contributed by atoms with Crippen LogP contribution in [0.3, 0.4) is 0 Å². The van der Waals surface area contributed by atoms with E-state index < -0.39 is 5.97 Å². The average Bonchev–Trinajstić information content (AvgIpc) is 3.38. The lowest BCUT2D eigenvalue weighted by Gasteiger charge is -2.31. The van der Waals surface area contributed by atoms with Gasteiger partial charge in [0, 0.05) is 17.8 Å². The predicted molar refractivity (Wildman–Crippen MR) is 137 cm³/mol. The van der Waals surface area contributed by atoms with Crippen LogP contribution in [0.25, 0.3) is 28.3 Å². The summed E-state index contributed by atoms with van der Waals surface area (Å²) in [7, 11) is 0. The van der Waals surface area contributed by atoms with Crippen molar-refractivity contribution in [1.29, 1.82) is 0 Å². The van der Waals surface area contributed by atoms with Crippen molar-refractivity contribution in [2.45, 2.75) is 19.3 Å². The highest BCUT2D eigenvalue weighted by atomic mass is 16.4. The summed E-state index contributed by atoms with van der Waals surface area (Å²) < 4.78 is 0. The Bertz CT molecular complexity index is 1310. The molecule has 0 unspecified atom stereocenters. The molecule has 0 aliphatic heterocycles. The number of H-pyrrole nitrogens is 1. The van der Waals surface area contributed by atoms with Crippen LogP contribution in [0.1, 0.15) is 41.5 Å². The smallest absolute Gasteiger partial charge is 0.328 e. The molecule has 1 aliphatic rings. The number of aliphatic carboxylic acids is 1. The van der Waals surface area contributed by atoms with Gasteiger partial charge in [-0.25, -0.2) is 4.79 Å². The molecule has 0 bridgehead atoms. The van der Waals surface area contributed by atoms with E-state index in [9.17, 15) is 4.79 Å². The Morgan fingerprint density at radius 2 is 1.53 bits per heavy atom. The van der Waals surface area contributed by atoms with E-state index >= 15 is 0 Å². The van der Waals surface area contributed by atoms with E-state index in [1.54, 1.807) is 6.08 Å². The van der Waals surface area contributed by atoms with Gasteiger partial charge in [0.2, 0.25) is 0 Å². The maximum absolute atomic E-state index is 10.9. The van der Waals surface area contributed by atoms with Gasteiger partial charge in [0.15, 0.2) is 0 Å². The lowest BCUT2D eigenvalue weighted by Crippen LogP contribution is -2.15. The number of allylic oxidation sites excluding steroid dienone is 1. The number of hydrogen-bond donors (Lipinski definition) is 2. The second kappa shape index (κ2) is 9.75. The van der Waals surface area contributed by atoms with E-state index in [1.165, 1.54) is 47.6 Å². The molecule has 4 heteroatoms. The van der Waals surface area contributed by atoms with Crippen molar-refractivity contribution in [3.05, 3.63) is 120 Å². The van der Waals surface area contributed by atoms with Crippen LogP contribution in [0, 0.1) is 5.92 Å². The fraction of sp³-hybridized carbons (Fsp3) is 0.133. The van der Waals surface area contributed by atoms with E-state index in [1.807, 2.05) is 24.5 Å². The molecular weight excluding hydrogens is 420 g/mol. The highest BCUT2D eigenvalue weighted by Crippen LogP contribution is 2.45. The zero-order valence-electron chi connectivity index (χ0n) is 18.8. The van der Waals surface area contributed by atoms with Gasteiger partial charge in [-0.05, 0) is 63.8 Å². The van der Waals surface area contributed by atoms with E-state index in [2.05, 4.69) is 76.9 Å². The third kappa shape index (κ3) is 4.62. The standard InChI is InChI=1S/C30H26N2O2/c33-28(34)18-11-21-9-12-25(13-10-21)30(26-16-14-22(15-17-26)27-19-31-32-20-27)29(24-7-4-8-24)23-5-2-1-3-6-23/h1-3,5-6,9-20,24H,4,7-8H2,(H,31,32)(H,33,34). The molecule has 1 heterocycles. The maximum Gasteiger partial charge on any atom is 0.328 e. The minimum Gasteiger partial charge on any atom is -0.478 e. The summed E-state index contributed by atoms with van der Waals surface area (Å²) in [4.78, 5) is 10.9. The SMILES string of the molecule is O=C(O)C=Cc1ccc(C(=C(c2ccccc2)C2CCC2)c2ccc(-c3cn[nH]c3)cc2)cc1. The normalized spacial score (nSPS) is 14.6. The highest BCUT2D eigenvalue weighted by molar-refractivity contribution is 6.00. The molecule has 0 atom stereocenters. The van der Waals surface area contributed by atoms with Crippen molar-refractivity contribution in [3.63, 3.8) is 0 Å². The zero-order chi connectivity index (χ0) is 23.3. The summed E-state index contributed by atoms with van der Waals surface area (Å²) in [5, 5.41) is 15.9. The Morgan fingerprint density at radius 3 is 2.09 bits per heavy atom. The Balaban J connectivity index is 1.65. The minimum atomic E-state index is -0.946. The second-order valence-electron chi connectivity index (χ2n) is 8.64. The molecule has 4 nitrogen and oxygen atoms in total. The van der Waals surface area contributed by atoms with Crippen LogP contribution in [-0.2, 0) is 4.79 Å². The van der Waals surface area contributed by atoms with Crippen LogP contribution in [-0.4, -0.2) is 21.3 Å². The van der Waals surface area contributed by atoms with E-state index in [4.69, 9.17) is 5.11 Å². The van der Waals surface area contributed by atoms with Crippen LogP contribution in [0.5, 0.6) is 0 Å². The Labute approximate surface area is 199 Å². The lowest BCUT2D eigenvalue weighted by atomic mass is 9.73. The van der Waals surface area contributed by atoms with Crippen molar-refractivity contribution in [2.24, 2.45) is 5.92 Å². The molecular formula is C30H26N2O2. The largest absolute Gasteiger partial charge is 0.478 e. The summed E-state index contributed by atoms with van der Waals surface area (Å²) >= 11 is 0. The maximum atomic E-state index is 10.9. The number of carbonyl (C=O) groups is 1. The van der Waals surface area contributed by atoms with Crippen LogP contribution in [0.15, 0.2) is 97.3 Å². The van der Waals surface area contributed by atoms with Gasteiger partial charge in [-0.15, -0.1) is 0 Å². The third-order valence-corrected chi connectivity index (χ3v) is 6.49. The Hall–Kier alpha value is -4.18. The summed E-state index contributed by atoms with van der Waals surface area (Å²) in [6, 6.07) is 27.5. The number of hydrogen-bond acceptors (Lipinski definition) is 2. The molecule has 1 saturated carbocycles. The molecule has 0 amide bonds. The number of carboxylic acids is 1. The summed E-state index contributed by atoms with van der Waals surface area (Å²) in [5.41, 5.74) is 9.24. The second-order valence-corrected chi connectivity index (χ2v) is 8.64. The first-order chi connectivity index (χ1) is 16.7. The molecule has 1 aromatic heterocycles. The Morgan fingerprint density at radius 1 is 0.853 bits per heavy atom. The third-order valence-electron chi connectivity index (χ3n) is 6.49. The predicted octanol–water partition coefficient (Wildman–Crippen LogP) is 6.93. The van der Waals surface area contributed by atoms with Crippen LogP contribution < -0.4 is 0 Å². The van der Waals surface area contributed by atoms with Crippen molar-refractivity contribution >= 4 is 23.2 Å². The Kier molecular flexibility index (Phi) is 6.21. The molecule has 168 valence electrons. The molecule has 1 fully saturated rings. The number of nitrogens with zero attached hydrogens (tertiary/aromatic N) is 1. The number of aromatic amines is 1. The van der Waals surface area contributed by atoms with Crippen LogP contribution in [0.2, 0.25) is 0 Å². The molecule has 0 spiro atoms. The molecule has 3 aromatic carbocycles.